The fourth-order valence-electron chi connectivity index (χ4n) is 2.61. The molecule has 1 aromatic heterocycles. The highest BCUT2D eigenvalue weighted by Crippen LogP contribution is 2.30. The van der Waals surface area contributed by atoms with Gasteiger partial charge >= 0.3 is 0 Å². The van der Waals surface area contributed by atoms with Gasteiger partial charge in [0.05, 0.1) is 0 Å². The fraction of sp³-hybridized carbons (Fsp3) is 0.615. The summed E-state index contributed by atoms with van der Waals surface area (Å²) in [5, 5.41) is 5.71. The smallest absolute Gasteiger partial charge is 0.168 e. The normalized spacial score (nSPS) is 23.6. The predicted molar refractivity (Wildman–Crippen MR) is 70.3 cm³/mol. The van der Waals surface area contributed by atoms with Crippen LogP contribution in [0.1, 0.15) is 19.3 Å². The molecule has 1 aliphatic carbocycles. The molecule has 2 heterocycles. The summed E-state index contributed by atoms with van der Waals surface area (Å²) in [6.45, 7) is 1.96. The fourth-order valence-corrected chi connectivity index (χ4v) is 2.61. The lowest BCUT2D eigenvalue weighted by Crippen LogP contribution is -2.28. The molecule has 1 saturated carbocycles. The van der Waals surface area contributed by atoms with Crippen molar-refractivity contribution in [2.24, 2.45) is 0 Å². The molecule has 1 saturated heterocycles. The summed E-state index contributed by atoms with van der Waals surface area (Å²) < 4.78 is 27.0. The van der Waals surface area contributed by atoms with Crippen molar-refractivity contribution in [2.75, 3.05) is 30.8 Å². The number of anilines is 2. The van der Waals surface area contributed by atoms with E-state index in [0.717, 1.165) is 31.6 Å². The van der Waals surface area contributed by atoms with E-state index in [0.29, 0.717) is 0 Å². The van der Waals surface area contributed by atoms with Gasteiger partial charge < -0.3 is 10.6 Å². The maximum absolute atomic E-state index is 13.7. The van der Waals surface area contributed by atoms with Crippen LogP contribution in [0, 0.1) is 11.6 Å². The first-order valence-electron chi connectivity index (χ1n) is 6.71. The minimum absolute atomic E-state index is 0.0703. The van der Waals surface area contributed by atoms with Crippen LogP contribution in [0.3, 0.4) is 0 Å². The van der Waals surface area contributed by atoms with E-state index in [1.807, 2.05) is 0 Å². The van der Waals surface area contributed by atoms with Crippen molar-refractivity contribution in [3.63, 3.8) is 0 Å². The molecule has 0 bridgehead atoms. The minimum atomic E-state index is -0.670. The molecule has 1 aromatic rings. The maximum Gasteiger partial charge on any atom is 0.168 e. The largest absolute Gasteiger partial charge is 0.371 e. The molecule has 0 amide bonds. The first-order valence-corrected chi connectivity index (χ1v) is 6.71. The van der Waals surface area contributed by atoms with Gasteiger partial charge in [-0.05, 0) is 19.3 Å². The van der Waals surface area contributed by atoms with E-state index < -0.39 is 11.6 Å². The SMILES string of the molecule is CNc1nc(NC2CCN(C3CC3)C2)c(F)cc1F. The minimum Gasteiger partial charge on any atom is -0.371 e. The Kier molecular flexibility index (Phi) is 3.26. The van der Waals surface area contributed by atoms with Crippen LogP contribution < -0.4 is 10.6 Å². The summed E-state index contributed by atoms with van der Waals surface area (Å²) in [6.07, 6.45) is 3.53. The summed E-state index contributed by atoms with van der Waals surface area (Å²) in [6, 6.07) is 1.79. The third-order valence-corrected chi connectivity index (χ3v) is 3.79. The maximum atomic E-state index is 13.7. The lowest BCUT2D eigenvalue weighted by molar-refractivity contribution is 0.326. The number of hydrogen-bond donors (Lipinski definition) is 2. The van der Waals surface area contributed by atoms with Crippen LogP contribution in [-0.2, 0) is 0 Å². The Morgan fingerprint density at radius 3 is 2.63 bits per heavy atom. The van der Waals surface area contributed by atoms with E-state index in [1.54, 1.807) is 7.05 Å². The molecular weight excluding hydrogens is 250 g/mol. The molecule has 3 rings (SSSR count). The second-order valence-corrected chi connectivity index (χ2v) is 5.26. The van der Waals surface area contributed by atoms with Crippen molar-refractivity contribution in [1.82, 2.24) is 9.88 Å². The van der Waals surface area contributed by atoms with Crippen LogP contribution in [0.5, 0.6) is 0 Å². The van der Waals surface area contributed by atoms with Crippen LogP contribution in [0.15, 0.2) is 6.07 Å². The molecule has 0 aromatic carbocycles. The van der Waals surface area contributed by atoms with E-state index in [9.17, 15) is 8.78 Å². The van der Waals surface area contributed by atoms with E-state index >= 15 is 0 Å². The Bertz CT molecular complexity index is 476. The average molecular weight is 268 g/mol. The molecular formula is C13H18F2N4. The topological polar surface area (TPSA) is 40.2 Å². The van der Waals surface area contributed by atoms with Crippen molar-refractivity contribution >= 4 is 11.6 Å². The van der Waals surface area contributed by atoms with Gasteiger partial charge in [-0.1, -0.05) is 0 Å². The Hall–Kier alpha value is -1.43. The third kappa shape index (κ3) is 2.63. The van der Waals surface area contributed by atoms with Crippen LogP contribution in [-0.4, -0.2) is 42.1 Å². The van der Waals surface area contributed by atoms with Crippen molar-refractivity contribution < 1.29 is 8.78 Å². The monoisotopic (exact) mass is 268 g/mol. The molecule has 2 aliphatic rings. The predicted octanol–water partition coefficient (Wildman–Crippen LogP) is 2.05. The highest BCUT2D eigenvalue weighted by Gasteiger charge is 2.34. The number of pyridine rings is 1. The zero-order chi connectivity index (χ0) is 13.4. The van der Waals surface area contributed by atoms with Crippen molar-refractivity contribution in [1.29, 1.82) is 0 Å². The molecule has 19 heavy (non-hydrogen) atoms. The first-order chi connectivity index (χ1) is 9.17. The zero-order valence-corrected chi connectivity index (χ0v) is 10.9. The molecule has 1 aliphatic heterocycles. The van der Waals surface area contributed by atoms with Crippen LogP contribution >= 0.6 is 0 Å². The molecule has 1 atom stereocenters. The van der Waals surface area contributed by atoms with E-state index in [4.69, 9.17) is 0 Å². The van der Waals surface area contributed by atoms with Crippen LogP contribution in [0.4, 0.5) is 20.4 Å². The molecule has 1 unspecified atom stereocenters. The zero-order valence-electron chi connectivity index (χ0n) is 10.9. The van der Waals surface area contributed by atoms with E-state index in [1.165, 1.54) is 12.8 Å². The lowest BCUT2D eigenvalue weighted by atomic mass is 10.2. The highest BCUT2D eigenvalue weighted by molar-refractivity contribution is 5.47. The number of rotatable bonds is 4. The Morgan fingerprint density at radius 1 is 1.21 bits per heavy atom. The van der Waals surface area contributed by atoms with Gasteiger partial charge in [0.2, 0.25) is 0 Å². The summed E-state index contributed by atoms with van der Waals surface area (Å²) in [5.74, 6) is -1.10. The summed E-state index contributed by atoms with van der Waals surface area (Å²) >= 11 is 0. The summed E-state index contributed by atoms with van der Waals surface area (Å²) in [4.78, 5) is 6.38. The van der Waals surface area contributed by atoms with Crippen LogP contribution in [0.25, 0.3) is 0 Å². The molecule has 4 nitrogen and oxygen atoms in total. The van der Waals surface area contributed by atoms with Crippen LogP contribution in [0.2, 0.25) is 0 Å². The van der Waals surface area contributed by atoms with Gasteiger partial charge in [-0.3, -0.25) is 4.90 Å². The molecule has 104 valence electrons. The van der Waals surface area contributed by atoms with Gasteiger partial charge in [-0.25, -0.2) is 13.8 Å². The number of likely N-dealkylation sites (tertiary alicyclic amines) is 1. The van der Waals surface area contributed by atoms with Crippen molar-refractivity contribution in [2.45, 2.75) is 31.3 Å². The second-order valence-electron chi connectivity index (χ2n) is 5.26. The quantitative estimate of drug-likeness (QED) is 0.877. The average Bonchev–Trinajstić information content (AvgIpc) is 3.13. The molecule has 0 radical (unpaired) electrons. The van der Waals surface area contributed by atoms with Crippen molar-refractivity contribution in [3.8, 4) is 0 Å². The molecule has 2 fully saturated rings. The van der Waals surface area contributed by atoms with Gasteiger partial charge in [0.25, 0.3) is 0 Å². The molecule has 0 spiro atoms. The number of nitrogens with zero attached hydrogens (tertiary/aromatic N) is 2. The van der Waals surface area contributed by atoms with Crippen molar-refractivity contribution in [3.05, 3.63) is 17.7 Å². The Labute approximate surface area is 111 Å². The second kappa shape index (κ2) is 4.92. The van der Waals surface area contributed by atoms with Gasteiger partial charge in [-0.2, -0.15) is 0 Å². The number of halogens is 2. The number of nitrogens with one attached hydrogen (secondary N) is 2. The summed E-state index contributed by atoms with van der Waals surface area (Å²) in [7, 11) is 1.57. The molecule has 6 heteroatoms. The van der Waals surface area contributed by atoms with E-state index in [2.05, 4.69) is 20.5 Å². The highest BCUT2D eigenvalue weighted by atomic mass is 19.1. The molecule has 2 N–H and O–H groups in total. The number of aromatic nitrogens is 1. The van der Waals surface area contributed by atoms with Gasteiger partial charge in [0, 0.05) is 38.3 Å². The van der Waals surface area contributed by atoms with Gasteiger partial charge in [0.1, 0.15) is 0 Å². The number of hydrogen-bond acceptors (Lipinski definition) is 4. The van der Waals surface area contributed by atoms with Gasteiger partial charge in [-0.15, -0.1) is 0 Å². The Morgan fingerprint density at radius 2 is 1.95 bits per heavy atom. The standard InChI is InChI=1S/C13H18F2N4/c1-16-12-10(14)6-11(15)13(18-12)17-8-4-5-19(7-8)9-2-3-9/h6,8-9H,2-5,7H2,1H3,(H2,16,17,18). The Balaban J connectivity index is 1.69. The van der Waals surface area contributed by atoms with Gasteiger partial charge in [0.15, 0.2) is 23.3 Å². The lowest BCUT2D eigenvalue weighted by Gasteiger charge is -2.17. The summed E-state index contributed by atoms with van der Waals surface area (Å²) in [5.41, 5.74) is 0. The third-order valence-electron chi connectivity index (χ3n) is 3.79. The first kappa shape index (κ1) is 12.6. The van der Waals surface area contributed by atoms with E-state index in [-0.39, 0.29) is 17.7 Å².